The molecule has 0 saturated heterocycles. The summed E-state index contributed by atoms with van der Waals surface area (Å²) in [6.07, 6.45) is 1.23. The molecular weight excluding hydrogens is 316 g/mol. The van der Waals surface area contributed by atoms with E-state index in [9.17, 15) is 8.42 Å². The number of rotatable bonds is 9. The van der Waals surface area contributed by atoms with Gasteiger partial charge in [-0.25, -0.2) is 8.42 Å². The second kappa shape index (κ2) is 8.34. The second-order valence-corrected chi connectivity index (χ2v) is 7.66. The van der Waals surface area contributed by atoms with E-state index in [0.29, 0.717) is 36.7 Å². The molecule has 0 aliphatic carbocycles. The Morgan fingerprint density at radius 2 is 1.71 bits per heavy atom. The topological polar surface area (TPSA) is 61.8 Å². The Bertz CT molecular complexity index is 522. The molecule has 0 bridgehead atoms. The number of hydrogen-bond donors (Lipinski definition) is 0. The maximum Gasteiger partial charge on any atom is 0.232 e. The Balaban J connectivity index is 2.52. The van der Waals surface area contributed by atoms with Crippen molar-refractivity contribution in [1.29, 1.82) is 0 Å². The molecule has 0 aliphatic rings. The zero-order valence-corrected chi connectivity index (χ0v) is 14.0. The lowest BCUT2D eigenvalue weighted by atomic mass is 10.1. The van der Waals surface area contributed by atoms with Gasteiger partial charge in [0.15, 0.2) is 11.5 Å². The lowest BCUT2D eigenvalue weighted by Gasteiger charge is -2.15. The van der Waals surface area contributed by atoms with Crippen LogP contribution in [0, 0.1) is 5.92 Å². The largest absolute Gasteiger partial charge is 0.493 e. The molecule has 0 saturated carbocycles. The first-order valence-electron chi connectivity index (χ1n) is 6.63. The SMILES string of the molecule is COc1cccc(OC)c1OCCC(C)CCS(=O)(=O)Cl. The fraction of sp³-hybridized carbons (Fsp3) is 0.571. The summed E-state index contributed by atoms with van der Waals surface area (Å²) in [6.45, 7) is 2.41. The van der Waals surface area contributed by atoms with Crippen LogP contribution < -0.4 is 14.2 Å². The average molecular weight is 337 g/mol. The van der Waals surface area contributed by atoms with Crippen LogP contribution in [0.5, 0.6) is 17.2 Å². The van der Waals surface area contributed by atoms with E-state index in [1.54, 1.807) is 26.4 Å². The summed E-state index contributed by atoms with van der Waals surface area (Å²) < 4.78 is 38.0. The van der Waals surface area contributed by atoms with Crippen LogP contribution in [-0.2, 0) is 9.05 Å². The van der Waals surface area contributed by atoms with E-state index in [1.807, 2.05) is 13.0 Å². The highest BCUT2D eigenvalue weighted by Crippen LogP contribution is 2.36. The Kier molecular flexibility index (Phi) is 7.11. The highest BCUT2D eigenvalue weighted by Gasteiger charge is 2.13. The van der Waals surface area contributed by atoms with Gasteiger partial charge >= 0.3 is 0 Å². The fourth-order valence-electron chi connectivity index (χ4n) is 1.81. The van der Waals surface area contributed by atoms with Crippen LogP contribution in [0.3, 0.4) is 0 Å². The molecule has 0 aromatic heterocycles. The third-order valence-corrected chi connectivity index (χ3v) is 4.28. The van der Waals surface area contributed by atoms with Gasteiger partial charge in [-0.2, -0.15) is 0 Å². The van der Waals surface area contributed by atoms with E-state index >= 15 is 0 Å². The number of ether oxygens (including phenoxy) is 3. The molecule has 1 aromatic carbocycles. The Hall–Kier alpha value is -1.14. The zero-order chi connectivity index (χ0) is 15.9. The second-order valence-electron chi connectivity index (χ2n) is 4.77. The number of benzene rings is 1. The molecular formula is C14H21ClO5S. The lowest BCUT2D eigenvalue weighted by Crippen LogP contribution is -2.09. The lowest BCUT2D eigenvalue weighted by molar-refractivity contribution is 0.253. The van der Waals surface area contributed by atoms with Crippen molar-refractivity contribution in [2.24, 2.45) is 5.92 Å². The minimum atomic E-state index is -3.43. The molecule has 21 heavy (non-hydrogen) atoms. The molecule has 1 rings (SSSR count). The first-order valence-corrected chi connectivity index (χ1v) is 9.11. The third-order valence-electron chi connectivity index (χ3n) is 3.09. The highest BCUT2D eigenvalue weighted by molar-refractivity contribution is 8.13. The van der Waals surface area contributed by atoms with E-state index in [4.69, 9.17) is 24.9 Å². The molecule has 7 heteroatoms. The normalized spacial score (nSPS) is 12.8. The van der Waals surface area contributed by atoms with Gasteiger partial charge in [-0.15, -0.1) is 0 Å². The van der Waals surface area contributed by atoms with Gasteiger partial charge in [-0.1, -0.05) is 13.0 Å². The summed E-state index contributed by atoms with van der Waals surface area (Å²) in [6, 6.07) is 5.40. The van der Waals surface area contributed by atoms with Crippen molar-refractivity contribution < 1.29 is 22.6 Å². The van der Waals surface area contributed by atoms with Crippen LogP contribution in [0.4, 0.5) is 0 Å². The number of halogens is 1. The predicted octanol–water partition coefficient (Wildman–Crippen LogP) is 3.07. The smallest absolute Gasteiger partial charge is 0.232 e. The Morgan fingerprint density at radius 1 is 1.14 bits per heavy atom. The van der Waals surface area contributed by atoms with E-state index in [-0.39, 0.29) is 11.7 Å². The molecule has 0 aliphatic heterocycles. The molecule has 0 fully saturated rings. The third kappa shape index (κ3) is 6.44. The van der Waals surface area contributed by atoms with Gasteiger partial charge in [0.1, 0.15) is 0 Å². The predicted molar refractivity (Wildman–Crippen MR) is 83.1 cm³/mol. The van der Waals surface area contributed by atoms with Crippen molar-refractivity contribution >= 4 is 19.7 Å². The first-order chi connectivity index (χ1) is 9.87. The van der Waals surface area contributed by atoms with Gasteiger partial charge in [-0.3, -0.25) is 0 Å². The summed E-state index contributed by atoms with van der Waals surface area (Å²) in [5.41, 5.74) is 0. The molecule has 1 aromatic rings. The van der Waals surface area contributed by atoms with Gasteiger partial charge in [0, 0.05) is 10.7 Å². The van der Waals surface area contributed by atoms with E-state index in [2.05, 4.69) is 0 Å². The average Bonchev–Trinajstić information content (AvgIpc) is 2.44. The zero-order valence-electron chi connectivity index (χ0n) is 12.5. The molecule has 120 valence electrons. The molecule has 1 atom stereocenters. The van der Waals surface area contributed by atoms with Gasteiger partial charge in [0.2, 0.25) is 14.8 Å². The molecule has 0 N–H and O–H groups in total. The standard InChI is InChI=1S/C14H21ClO5S/c1-11(8-10-21(15,16)17)7-9-20-14-12(18-2)5-4-6-13(14)19-3/h4-6,11H,7-10H2,1-3H3. The molecule has 1 unspecified atom stereocenters. The van der Waals surface area contributed by atoms with Gasteiger partial charge in [0.25, 0.3) is 0 Å². The number of para-hydroxylation sites is 1. The molecule has 0 amide bonds. The summed E-state index contributed by atoms with van der Waals surface area (Å²) >= 11 is 0. The van der Waals surface area contributed by atoms with E-state index in [1.165, 1.54) is 0 Å². The van der Waals surface area contributed by atoms with Crippen molar-refractivity contribution in [3.05, 3.63) is 18.2 Å². The van der Waals surface area contributed by atoms with Crippen molar-refractivity contribution in [1.82, 2.24) is 0 Å². The van der Waals surface area contributed by atoms with Crippen LogP contribution >= 0.6 is 10.7 Å². The summed E-state index contributed by atoms with van der Waals surface area (Å²) in [7, 11) is 4.90. The maximum atomic E-state index is 10.9. The first kappa shape index (κ1) is 17.9. The quantitative estimate of drug-likeness (QED) is 0.648. The minimum Gasteiger partial charge on any atom is -0.493 e. The van der Waals surface area contributed by atoms with Crippen LogP contribution in [-0.4, -0.2) is 35.0 Å². The van der Waals surface area contributed by atoms with Crippen molar-refractivity contribution in [3.8, 4) is 17.2 Å². The van der Waals surface area contributed by atoms with E-state index in [0.717, 1.165) is 0 Å². The van der Waals surface area contributed by atoms with Crippen LogP contribution in [0.25, 0.3) is 0 Å². The summed E-state index contributed by atoms with van der Waals surface area (Å²) in [5.74, 6) is 1.93. The van der Waals surface area contributed by atoms with Crippen LogP contribution in [0.1, 0.15) is 19.8 Å². The van der Waals surface area contributed by atoms with Gasteiger partial charge < -0.3 is 14.2 Å². The fourth-order valence-corrected chi connectivity index (χ4v) is 2.76. The molecule has 5 nitrogen and oxygen atoms in total. The monoisotopic (exact) mass is 336 g/mol. The van der Waals surface area contributed by atoms with Gasteiger partial charge in [0.05, 0.1) is 26.6 Å². The van der Waals surface area contributed by atoms with Gasteiger partial charge in [-0.05, 0) is 30.9 Å². The Labute approximate surface area is 130 Å². The summed E-state index contributed by atoms with van der Waals surface area (Å²) in [5, 5.41) is 0. The van der Waals surface area contributed by atoms with Crippen molar-refractivity contribution in [2.75, 3.05) is 26.6 Å². The van der Waals surface area contributed by atoms with E-state index < -0.39 is 9.05 Å². The maximum absolute atomic E-state index is 10.9. The van der Waals surface area contributed by atoms with Crippen LogP contribution in [0.2, 0.25) is 0 Å². The number of methoxy groups -OCH3 is 2. The van der Waals surface area contributed by atoms with Crippen LogP contribution in [0.15, 0.2) is 18.2 Å². The molecule has 0 radical (unpaired) electrons. The van der Waals surface area contributed by atoms with Crippen molar-refractivity contribution in [2.45, 2.75) is 19.8 Å². The highest BCUT2D eigenvalue weighted by atomic mass is 35.7. The number of hydrogen-bond acceptors (Lipinski definition) is 5. The minimum absolute atomic E-state index is 0.0201. The van der Waals surface area contributed by atoms with Crippen molar-refractivity contribution in [3.63, 3.8) is 0 Å². The molecule has 0 heterocycles. The summed E-state index contributed by atoms with van der Waals surface area (Å²) in [4.78, 5) is 0. The Morgan fingerprint density at radius 3 is 2.19 bits per heavy atom. The molecule has 0 spiro atoms.